The molecule has 2 aliphatic rings. The van der Waals surface area contributed by atoms with Crippen molar-refractivity contribution in [1.82, 2.24) is 0 Å². The fourth-order valence-electron chi connectivity index (χ4n) is 3.29. The molecule has 0 aromatic heterocycles. The van der Waals surface area contributed by atoms with Gasteiger partial charge in [0.05, 0.1) is 0 Å². The molecular formula is C11H20O. The van der Waals surface area contributed by atoms with E-state index in [4.69, 9.17) is 5.11 Å². The predicted octanol–water partition coefficient (Wildman–Crippen LogP) is 2.59. The summed E-state index contributed by atoms with van der Waals surface area (Å²) in [6.07, 6.45) is 9.81. The van der Waals surface area contributed by atoms with Crippen LogP contribution < -0.4 is 0 Å². The second-order valence-corrected chi connectivity index (χ2v) is 4.75. The molecule has 0 radical (unpaired) electrons. The molecule has 2 unspecified atom stereocenters. The van der Waals surface area contributed by atoms with Crippen LogP contribution in [-0.2, 0) is 0 Å². The van der Waals surface area contributed by atoms with E-state index in [2.05, 4.69) is 0 Å². The minimum atomic E-state index is 0.407. The van der Waals surface area contributed by atoms with Crippen LogP contribution in [0.1, 0.15) is 44.9 Å². The van der Waals surface area contributed by atoms with Gasteiger partial charge in [-0.1, -0.05) is 19.3 Å². The lowest BCUT2D eigenvalue weighted by Gasteiger charge is -2.38. The maximum Gasteiger partial charge on any atom is 0.0433 e. The third-order valence-corrected chi connectivity index (χ3v) is 3.76. The molecule has 70 valence electrons. The molecule has 0 spiro atoms. The Morgan fingerprint density at radius 1 is 1.00 bits per heavy atom. The minimum absolute atomic E-state index is 0.407. The Kier molecular flexibility index (Phi) is 2.69. The molecule has 0 aromatic carbocycles. The summed E-state index contributed by atoms with van der Waals surface area (Å²) in [5.74, 6) is 2.90. The van der Waals surface area contributed by atoms with E-state index in [0.717, 1.165) is 24.2 Å². The molecule has 12 heavy (non-hydrogen) atoms. The van der Waals surface area contributed by atoms with Crippen LogP contribution in [0.3, 0.4) is 0 Å². The summed E-state index contributed by atoms with van der Waals surface area (Å²) < 4.78 is 0. The average Bonchev–Trinajstić information content (AvgIpc) is 2.04. The van der Waals surface area contributed by atoms with Gasteiger partial charge in [-0.2, -0.15) is 0 Å². The van der Waals surface area contributed by atoms with Gasteiger partial charge in [0, 0.05) is 6.61 Å². The van der Waals surface area contributed by atoms with E-state index in [-0.39, 0.29) is 0 Å². The maximum atomic E-state index is 8.88. The van der Waals surface area contributed by atoms with Gasteiger partial charge in [-0.3, -0.25) is 0 Å². The zero-order chi connectivity index (χ0) is 8.39. The van der Waals surface area contributed by atoms with Crippen LogP contribution in [0.4, 0.5) is 0 Å². The number of aliphatic hydroxyl groups is 1. The van der Waals surface area contributed by atoms with Gasteiger partial charge in [-0.05, 0) is 43.4 Å². The SMILES string of the molecule is OCCC1CC2CCCC(C1)C2. The van der Waals surface area contributed by atoms with Crippen LogP contribution in [-0.4, -0.2) is 11.7 Å². The molecule has 1 nitrogen and oxygen atoms in total. The Hall–Kier alpha value is -0.0400. The Bertz CT molecular complexity index is 132. The highest BCUT2D eigenvalue weighted by Gasteiger charge is 2.31. The van der Waals surface area contributed by atoms with Crippen LogP contribution >= 0.6 is 0 Å². The van der Waals surface area contributed by atoms with Gasteiger partial charge in [-0.15, -0.1) is 0 Å². The van der Waals surface area contributed by atoms with Crippen molar-refractivity contribution in [1.29, 1.82) is 0 Å². The molecule has 1 N–H and O–H groups in total. The maximum absolute atomic E-state index is 8.88. The molecule has 2 saturated carbocycles. The van der Waals surface area contributed by atoms with Gasteiger partial charge in [0.25, 0.3) is 0 Å². The molecule has 1 heteroatoms. The summed E-state index contributed by atoms with van der Waals surface area (Å²) in [5.41, 5.74) is 0. The largest absolute Gasteiger partial charge is 0.396 e. The first-order valence-electron chi connectivity index (χ1n) is 5.49. The molecule has 0 saturated heterocycles. The van der Waals surface area contributed by atoms with Crippen LogP contribution in [0, 0.1) is 17.8 Å². The Morgan fingerprint density at radius 2 is 1.67 bits per heavy atom. The van der Waals surface area contributed by atoms with Crippen molar-refractivity contribution in [3.05, 3.63) is 0 Å². The topological polar surface area (TPSA) is 20.2 Å². The van der Waals surface area contributed by atoms with Crippen LogP contribution in [0.2, 0.25) is 0 Å². The lowest BCUT2D eigenvalue weighted by molar-refractivity contribution is 0.117. The van der Waals surface area contributed by atoms with Gasteiger partial charge in [0.15, 0.2) is 0 Å². The van der Waals surface area contributed by atoms with E-state index < -0.39 is 0 Å². The first-order chi connectivity index (χ1) is 5.88. The predicted molar refractivity (Wildman–Crippen MR) is 49.9 cm³/mol. The summed E-state index contributed by atoms with van der Waals surface area (Å²) in [7, 11) is 0. The van der Waals surface area contributed by atoms with E-state index in [1.165, 1.54) is 38.5 Å². The van der Waals surface area contributed by atoms with Crippen molar-refractivity contribution in [3.63, 3.8) is 0 Å². The minimum Gasteiger partial charge on any atom is -0.396 e. The Balaban J connectivity index is 1.87. The van der Waals surface area contributed by atoms with E-state index >= 15 is 0 Å². The summed E-state index contributed by atoms with van der Waals surface area (Å²) in [6, 6.07) is 0. The van der Waals surface area contributed by atoms with Crippen molar-refractivity contribution in [2.75, 3.05) is 6.61 Å². The van der Waals surface area contributed by atoms with Crippen molar-refractivity contribution >= 4 is 0 Å². The first-order valence-corrected chi connectivity index (χ1v) is 5.49. The zero-order valence-electron chi connectivity index (χ0n) is 7.84. The monoisotopic (exact) mass is 168 g/mol. The first kappa shape index (κ1) is 8.55. The van der Waals surface area contributed by atoms with Gasteiger partial charge in [0.1, 0.15) is 0 Å². The number of fused-ring (bicyclic) bond motifs is 2. The smallest absolute Gasteiger partial charge is 0.0433 e. The third-order valence-electron chi connectivity index (χ3n) is 3.76. The van der Waals surface area contributed by atoms with Gasteiger partial charge in [-0.25, -0.2) is 0 Å². The molecule has 2 atom stereocenters. The number of aliphatic hydroxyl groups excluding tert-OH is 1. The van der Waals surface area contributed by atoms with Crippen molar-refractivity contribution in [2.24, 2.45) is 17.8 Å². The summed E-state index contributed by atoms with van der Waals surface area (Å²) in [6.45, 7) is 0.407. The molecule has 0 aromatic rings. The lowest BCUT2D eigenvalue weighted by atomic mass is 9.67. The van der Waals surface area contributed by atoms with E-state index in [1.807, 2.05) is 0 Å². The zero-order valence-corrected chi connectivity index (χ0v) is 7.84. The van der Waals surface area contributed by atoms with E-state index in [1.54, 1.807) is 0 Å². The fraction of sp³-hybridized carbons (Fsp3) is 1.00. The van der Waals surface area contributed by atoms with Crippen molar-refractivity contribution in [2.45, 2.75) is 44.9 Å². The molecule has 2 fully saturated rings. The Morgan fingerprint density at radius 3 is 2.25 bits per heavy atom. The van der Waals surface area contributed by atoms with Crippen LogP contribution in [0.25, 0.3) is 0 Å². The van der Waals surface area contributed by atoms with Gasteiger partial charge >= 0.3 is 0 Å². The fourth-order valence-corrected chi connectivity index (χ4v) is 3.29. The second-order valence-electron chi connectivity index (χ2n) is 4.75. The highest BCUT2D eigenvalue weighted by Crippen LogP contribution is 2.43. The number of hydrogen-bond acceptors (Lipinski definition) is 1. The molecule has 0 amide bonds. The molecule has 2 rings (SSSR count). The summed E-state index contributed by atoms with van der Waals surface area (Å²) >= 11 is 0. The highest BCUT2D eigenvalue weighted by molar-refractivity contribution is 4.82. The van der Waals surface area contributed by atoms with Crippen molar-refractivity contribution < 1.29 is 5.11 Å². The van der Waals surface area contributed by atoms with Crippen molar-refractivity contribution in [3.8, 4) is 0 Å². The summed E-state index contributed by atoms with van der Waals surface area (Å²) in [4.78, 5) is 0. The molecule has 2 bridgehead atoms. The molecular weight excluding hydrogens is 148 g/mol. The Labute approximate surface area is 75.2 Å². The van der Waals surface area contributed by atoms with Gasteiger partial charge in [0.2, 0.25) is 0 Å². The average molecular weight is 168 g/mol. The molecule has 0 aliphatic heterocycles. The highest BCUT2D eigenvalue weighted by atomic mass is 16.3. The second kappa shape index (κ2) is 3.78. The quantitative estimate of drug-likeness (QED) is 0.672. The third kappa shape index (κ3) is 1.82. The summed E-state index contributed by atoms with van der Waals surface area (Å²) in [5, 5.41) is 8.88. The number of rotatable bonds is 2. The lowest BCUT2D eigenvalue weighted by Crippen LogP contribution is -2.27. The van der Waals surface area contributed by atoms with E-state index in [9.17, 15) is 0 Å². The number of hydrogen-bond donors (Lipinski definition) is 1. The van der Waals surface area contributed by atoms with Gasteiger partial charge < -0.3 is 5.11 Å². The molecule has 0 heterocycles. The van der Waals surface area contributed by atoms with Crippen LogP contribution in [0.15, 0.2) is 0 Å². The molecule has 2 aliphatic carbocycles. The standard InChI is InChI=1S/C11H20O/c12-5-4-11-7-9-2-1-3-10(6-9)8-11/h9-12H,1-8H2. The van der Waals surface area contributed by atoms with Crippen LogP contribution in [0.5, 0.6) is 0 Å². The normalized spacial score (nSPS) is 41.2. The van der Waals surface area contributed by atoms with E-state index in [0.29, 0.717) is 6.61 Å².